The molecule has 1 unspecified atom stereocenters. The second-order valence-corrected chi connectivity index (χ2v) is 3.88. The van der Waals surface area contributed by atoms with Crippen LogP contribution in [0.25, 0.3) is 0 Å². The van der Waals surface area contributed by atoms with Gasteiger partial charge in [0.15, 0.2) is 0 Å². The predicted molar refractivity (Wildman–Crippen MR) is 56.4 cm³/mol. The zero-order valence-electron chi connectivity index (χ0n) is 8.48. The number of anilines is 1. The Labute approximate surface area is 84.4 Å². The Kier molecular flexibility index (Phi) is 2.68. The molecule has 0 saturated carbocycles. The molecule has 0 aromatic carbocycles. The van der Waals surface area contributed by atoms with E-state index in [2.05, 4.69) is 9.88 Å². The molecular formula is C11H16N2O. The Morgan fingerprint density at radius 2 is 2.36 bits per heavy atom. The van der Waals surface area contributed by atoms with Gasteiger partial charge in [-0.05, 0) is 31.9 Å². The Hall–Kier alpha value is -1.09. The lowest BCUT2D eigenvalue weighted by Crippen LogP contribution is -2.38. The molecular weight excluding hydrogens is 176 g/mol. The minimum atomic E-state index is -0.189. The van der Waals surface area contributed by atoms with E-state index in [0.29, 0.717) is 0 Å². The molecule has 1 aliphatic rings. The zero-order valence-corrected chi connectivity index (χ0v) is 8.48. The van der Waals surface area contributed by atoms with E-state index >= 15 is 0 Å². The monoisotopic (exact) mass is 192 g/mol. The number of rotatable bonds is 1. The van der Waals surface area contributed by atoms with E-state index in [-0.39, 0.29) is 6.10 Å². The molecule has 2 heterocycles. The zero-order chi connectivity index (χ0) is 9.97. The van der Waals surface area contributed by atoms with Crippen LogP contribution in [-0.2, 0) is 0 Å². The maximum absolute atomic E-state index is 9.54. The molecule has 0 amide bonds. The third-order valence-corrected chi connectivity index (χ3v) is 2.59. The second kappa shape index (κ2) is 3.96. The van der Waals surface area contributed by atoms with E-state index in [0.717, 1.165) is 37.4 Å². The van der Waals surface area contributed by atoms with Gasteiger partial charge in [0.25, 0.3) is 0 Å². The predicted octanol–water partition coefficient (Wildman–Crippen LogP) is 1.35. The number of aromatic nitrogens is 1. The summed E-state index contributed by atoms with van der Waals surface area (Å²) in [4.78, 5) is 6.60. The third-order valence-electron chi connectivity index (χ3n) is 2.59. The molecule has 2 rings (SSSR count). The molecule has 0 spiro atoms. The van der Waals surface area contributed by atoms with Gasteiger partial charge in [0.1, 0.15) is 5.82 Å². The number of hydrogen-bond acceptors (Lipinski definition) is 3. The fraction of sp³-hybridized carbons (Fsp3) is 0.545. The van der Waals surface area contributed by atoms with Crippen LogP contribution in [0.15, 0.2) is 18.2 Å². The van der Waals surface area contributed by atoms with E-state index in [1.807, 2.05) is 25.1 Å². The molecule has 3 heteroatoms. The number of β-amino-alcohol motifs (C(OH)–C–C–N with tert-alkyl or cyclic N) is 1. The van der Waals surface area contributed by atoms with Gasteiger partial charge in [0.05, 0.1) is 6.10 Å². The topological polar surface area (TPSA) is 36.4 Å². The summed E-state index contributed by atoms with van der Waals surface area (Å²) in [7, 11) is 0. The number of pyridine rings is 1. The largest absolute Gasteiger partial charge is 0.391 e. The first-order valence-electron chi connectivity index (χ1n) is 5.12. The second-order valence-electron chi connectivity index (χ2n) is 3.88. The number of aryl methyl sites for hydroxylation is 1. The molecule has 1 aromatic heterocycles. The highest BCUT2D eigenvalue weighted by molar-refractivity contribution is 5.39. The molecule has 3 nitrogen and oxygen atoms in total. The first-order valence-corrected chi connectivity index (χ1v) is 5.12. The fourth-order valence-corrected chi connectivity index (χ4v) is 1.87. The lowest BCUT2D eigenvalue weighted by molar-refractivity contribution is 0.154. The molecule has 1 fully saturated rings. The van der Waals surface area contributed by atoms with Crippen LogP contribution < -0.4 is 4.90 Å². The molecule has 1 atom stereocenters. The first-order chi connectivity index (χ1) is 6.75. The van der Waals surface area contributed by atoms with Crippen molar-refractivity contribution in [2.24, 2.45) is 0 Å². The number of aliphatic hydroxyl groups excluding tert-OH is 1. The SMILES string of the molecule is Cc1cccc(N2CCCC(O)C2)n1. The van der Waals surface area contributed by atoms with Crippen molar-refractivity contribution in [2.75, 3.05) is 18.0 Å². The highest BCUT2D eigenvalue weighted by Gasteiger charge is 2.18. The van der Waals surface area contributed by atoms with Gasteiger partial charge in [-0.15, -0.1) is 0 Å². The number of aliphatic hydroxyl groups is 1. The van der Waals surface area contributed by atoms with Gasteiger partial charge in [-0.1, -0.05) is 6.07 Å². The van der Waals surface area contributed by atoms with Crippen molar-refractivity contribution >= 4 is 5.82 Å². The van der Waals surface area contributed by atoms with Gasteiger partial charge in [0, 0.05) is 18.8 Å². The quantitative estimate of drug-likeness (QED) is 0.729. The maximum atomic E-state index is 9.54. The lowest BCUT2D eigenvalue weighted by atomic mass is 10.1. The van der Waals surface area contributed by atoms with Crippen LogP contribution >= 0.6 is 0 Å². The molecule has 1 N–H and O–H groups in total. The molecule has 0 radical (unpaired) electrons. The van der Waals surface area contributed by atoms with Crippen LogP contribution in [0, 0.1) is 6.92 Å². The third kappa shape index (κ3) is 2.04. The normalized spacial score (nSPS) is 22.4. The van der Waals surface area contributed by atoms with Crippen LogP contribution in [0.2, 0.25) is 0 Å². The minimum Gasteiger partial charge on any atom is -0.391 e. The van der Waals surface area contributed by atoms with Crippen molar-refractivity contribution in [3.05, 3.63) is 23.9 Å². The molecule has 1 aromatic rings. The highest BCUT2D eigenvalue weighted by atomic mass is 16.3. The van der Waals surface area contributed by atoms with Gasteiger partial charge in [-0.25, -0.2) is 4.98 Å². The molecule has 76 valence electrons. The summed E-state index contributed by atoms with van der Waals surface area (Å²) >= 11 is 0. The van der Waals surface area contributed by atoms with E-state index in [9.17, 15) is 5.11 Å². The van der Waals surface area contributed by atoms with Crippen LogP contribution in [0.1, 0.15) is 18.5 Å². The molecule has 1 aliphatic heterocycles. The van der Waals surface area contributed by atoms with Gasteiger partial charge in [-0.3, -0.25) is 0 Å². The summed E-state index contributed by atoms with van der Waals surface area (Å²) in [6.45, 7) is 3.72. The Balaban J connectivity index is 2.14. The van der Waals surface area contributed by atoms with Crippen molar-refractivity contribution in [3.8, 4) is 0 Å². The number of piperidine rings is 1. The lowest BCUT2D eigenvalue weighted by Gasteiger charge is -2.31. The Morgan fingerprint density at radius 1 is 1.50 bits per heavy atom. The van der Waals surface area contributed by atoms with Crippen LogP contribution in [0.5, 0.6) is 0 Å². The number of nitrogens with zero attached hydrogens (tertiary/aromatic N) is 2. The number of hydrogen-bond donors (Lipinski definition) is 1. The maximum Gasteiger partial charge on any atom is 0.128 e. The fourth-order valence-electron chi connectivity index (χ4n) is 1.87. The van der Waals surface area contributed by atoms with Gasteiger partial charge < -0.3 is 10.0 Å². The van der Waals surface area contributed by atoms with E-state index in [1.165, 1.54) is 0 Å². The summed E-state index contributed by atoms with van der Waals surface area (Å²) < 4.78 is 0. The highest BCUT2D eigenvalue weighted by Crippen LogP contribution is 2.17. The average molecular weight is 192 g/mol. The van der Waals surface area contributed by atoms with Crippen LogP contribution in [0.4, 0.5) is 5.82 Å². The van der Waals surface area contributed by atoms with Crippen LogP contribution in [-0.4, -0.2) is 29.3 Å². The van der Waals surface area contributed by atoms with Crippen molar-refractivity contribution < 1.29 is 5.11 Å². The first kappa shape index (κ1) is 9.46. The van der Waals surface area contributed by atoms with Crippen molar-refractivity contribution in [1.82, 2.24) is 4.98 Å². The molecule has 14 heavy (non-hydrogen) atoms. The standard InChI is InChI=1S/C11H16N2O/c1-9-4-2-6-11(12-9)13-7-3-5-10(14)8-13/h2,4,6,10,14H,3,5,7-8H2,1H3. The average Bonchev–Trinajstić information content (AvgIpc) is 2.18. The Bertz CT molecular complexity index is 314. The summed E-state index contributed by atoms with van der Waals surface area (Å²) in [6.07, 6.45) is 1.78. The van der Waals surface area contributed by atoms with Crippen LogP contribution in [0.3, 0.4) is 0 Å². The minimum absolute atomic E-state index is 0.189. The van der Waals surface area contributed by atoms with Gasteiger partial charge >= 0.3 is 0 Å². The van der Waals surface area contributed by atoms with E-state index < -0.39 is 0 Å². The van der Waals surface area contributed by atoms with E-state index in [1.54, 1.807) is 0 Å². The molecule has 0 bridgehead atoms. The van der Waals surface area contributed by atoms with Crippen molar-refractivity contribution in [2.45, 2.75) is 25.9 Å². The van der Waals surface area contributed by atoms with Gasteiger partial charge in [-0.2, -0.15) is 0 Å². The van der Waals surface area contributed by atoms with Crippen molar-refractivity contribution in [1.29, 1.82) is 0 Å². The van der Waals surface area contributed by atoms with E-state index in [4.69, 9.17) is 0 Å². The Morgan fingerprint density at radius 3 is 3.07 bits per heavy atom. The molecule has 0 aliphatic carbocycles. The summed E-state index contributed by atoms with van der Waals surface area (Å²) in [6, 6.07) is 6.01. The smallest absolute Gasteiger partial charge is 0.128 e. The summed E-state index contributed by atoms with van der Waals surface area (Å²) in [5.41, 5.74) is 1.03. The van der Waals surface area contributed by atoms with Gasteiger partial charge in [0.2, 0.25) is 0 Å². The summed E-state index contributed by atoms with van der Waals surface area (Å²) in [5.74, 6) is 0.990. The summed E-state index contributed by atoms with van der Waals surface area (Å²) in [5, 5.41) is 9.54. The van der Waals surface area contributed by atoms with Crippen molar-refractivity contribution in [3.63, 3.8) is 0 Å². The molecule has 1 saturated heterocycles.